The second-order valence-electron chi connectivity index (χ2n) is 4.39. The second-order valence-corrected chi connectivity index (χ2v) is 5.33. The predicted octanol–water partition coefficient (Wildman–Crippen LogP) is 4.16. The molecule has 0 aliphatic heterocycles. The molecule has 0 N–H and O–H groups in total. The monoisotopic (exact) mass is 300 g/mol. The van der Waals surface area contributed by atoms with E-state index in [2.05, 4.69) is 9.97 Å². The van der Waals surface area contributed by atoms with Crippen molar-refractivity contribution in [3.63, 3.8) is 0 Å². The molecule has 0 unspecified atom stereocenters. The van der Waals surface area contributed by atoms with E-state index in [-0.39, 0.29) is 0 Å². The lowest BCUT2D eigenvalue weighted by Crippen LogP contribution is -1.99. The molecular formula is C16H16N2O2S. The van der Waals surface area contributed by atoms with Crippen molar-refractivity contribution in [2.45, 2.75) is 13.8 Å². The molecule has 4 nitrogen and oxygen atoms in total. The minimum Gasteiger partial charge on any atom is -0.490 e. The van der Waals surface area contributed by atoms with Gasteiger partial charge >= 0.3 is 0 Å². The first-order valence-electron chi connectivity index (χ1n) is 6.92. The lowest BCUT2D eigenvalue weighted by atomic mass is 10.2. The minimum atomic E-state index is 0.587. The molecule has 0 radical (unpaired) electrons. The molecule has 0 atom stereocenters. The Balaban J connectivity index is 2.10. The number of benzene rings is 1. The standard InChI is InChI=1S/C16H16N2O2S/c1-3-19-14-8-11-12(9-15(14)20-4-2)18-13(10-17-11)16-6-5-7-21-16/h5-10H,3-4H2,1-2H3. The van der Waals surface area contributed by atoms with Gasteiger partial charge in [0.25, 0.3) is 0 Å². The van der Waals surface area contributed by atoms with E-state index in [1.54, 1.807) is 17.5 Å². The van der Waals surface area contributed by atoms with Crippen LogP contribution in [0.4, 0.5) is 0 Å². The summed E-state index contributed by atoms with van der Waals surface area (Å²) < 4.78 is 11.2. The van der Waals surface area contributed by atoms with Gasteiger partial charge in [0.15, 0.2) is 11.5 Å². The maximum atomic E-state index is 5.64. The smallest absolute Gasteiger partial charge is 0.163 e. The van der Waals surface area contributed by atoms with Crippen molar-refractivity contribution in [2.24, 2.45) is 0 Å². The van der Waals surface area contributed by atoms with Crippen molar-refractivity contribution in [1.29, 1.82) is 0 Å². The summed E-state index contributed by atoms with van der Waals surface area (Å²) in [6.45, 7) is 5.08. The average molecular weight is 300 g/mol. The first-order valence-corrected chi connectivity index (χ1v) is 7.80. The van der Waals surface area contributed by atoms with E-state index in [4.69, 9.17) is 9.47 Å². The molecule has 0 bridgehead atoms. The fourth-order valence-electron chi connectivity index (χ4n) is 2.10. The van der Waals surface area contributed by atoms with E-state index in [0.717, 1.165) is 21.6 Å². The number of fused-ring (bicyclic) bond motifs is 1. The van der Waals surface area contributed by atoms with Crippen molar-refractivity contribution in [3.05, 3.63) is 35.8 Å². The third-order valence-electron chi connectivity index (χ3n) is 2.98. The summed E-state index contributed by atoms with van der Waals surface area (Å²) in [5, 5.41) is 2.03. The zero-order chi connectivity index (χ0) is 14.7. The van der Waals surface area contributed by atoms with Crippen LogP contribution < -0.4 is 9.47 Å². The summed E-state index contributed by atoms with van der Waals surface area (Å²) >= 11 is 1.65. The number of nitrogens with zero attached hydrogens (tertiary/aromatic N) is 2. The summed E-state index contributed by atoms with van der Waals surface area (Å²) in [6.07, 6.45) is 1.80. The van der Waals surface area contributed by atoms with E-state index in [1.807, 2.05) is 43.5 Å². The Labute approximate surface area is 127 Å². The molecule has 3 rings (SSSR count). The van der Waals surface area contributed by atoms with Gasteiger partial charge in [-0.05, 0) is 25.3 Å². The van der Waals surface area contributed by atoms with Crippen LogP contribution in [-0.2, 0) is 0 Å². The number of ether oxygens (including phenoxy) is 2. The molecule has 0 amide bonds. The van der Waals surface area contributed by atoms with Gasteiger partial charge in [0, 0.05) is 12.1 Å². The second kappa shape index (κ2) is 6.10. The average Bonchev–Trinajstić information content (AvgIpc) is 3.02. The number of aromatic nitrogens is 2. The third kappa shape index (κ3) is 2.83. The fourth-order valence-corrected chi connectivity index (χ4v) is 2.78. The van der Waals surface area contributed by atoms with Crippen molar-refractivity contribution in [1.82, 2.24) is 9.97 Å². The SMILES string of the molecule is CCOc1cc2ncc(-c3cccs3)nc2cc1OCC. The summed E-state index contributed by atoms with van der Waals surface area (Å²) in [4.78, 5) is 10.3. The lowest BCUT2D eigenvalue weighted by Gasteiger charge is -2.11. The molecule has 1 aromatic carbocycles. The van der Waals surface area contributed by atoms with Crippen molar-refractivity contribution in [2.75, 3.05) is 13.2 Å². The van der Waals surface area contributed by atoms with Crippen LogP contribution in [0.3, 0.4) is 0 Å². The molecule has 5 heteroatoms. The van der Waals surface area contributed by atoms with Crippen LogP contribution in [0, 0.1) is 0 Å². The Morgan fingerprint density at radius 2 is 1.76 bits per heavy atom. The molecule has 0 fully saturated rings. The molecule has 0 saturated carbocycles. The molecule has 0 saturated heterocycles. The largest absolute Gasteiger partial charge is 0.490 e. The van der Waals surface area contributed by atoms with Gasteiger partial charge in [-0.2, -0.15) is 0 Å². The molecular weight excluding hydrogens is 284 g/mol. The maximum absolute atomic E-state index is 5.64. The van der Waals surface area contributed by atoms with Crippen molar-refractivity contribution in [3.8, 4) is 22.1 Å². The Bertz CT molecular complexity index is 741. The van der Waals surface area contributed by atoms with E-state index in [1.165, 1.54) is 0 Å². The van der Waals surface area contributed by atoms with Crippen LogP contribution in [0.2, 0.25) is 0 Å². The van der Waals surface area contributed by atoms with Gasteiger partial charge in [0.1, 0.15) is 0 Å². The number of thiophene rings is 1. The summed E-state index contributed by atoms with van der Waals surface area (Å²) in [7, 11) is 0. The molecule has 2 heterocycles. The summed E-state index contributed by atoms with van der Waals surface area (Å²) in [6, 6.07) is 7.83. The Kier molecular flexibility index (Phi) is 4.01. The topological polar surface area (TPSA) is 44.2 Å². The summed E-state index contributed by atoms with van der Waals surface area (Å²) in [5.41, 5.74) is 2.50. The van der Waals surface area contributed by atoms with Crippen molar-refractivity contribution >= 4 is 22.4 Å². The first-order chi connectivity index (χ1) is 10.3. The van der Waals surface area contributed by atoms with E-state index < -0.39 is 0 Å². The third-order valence-corrected chi connectivity index (χ3v) is 3.87. The zero-order valence-corrected chi connectivity index (χ0v) is 12.8. The Hall–Kier alpha value is -2.14. The minimum absolute atomic E-state index is 0.587. The van der Waals surface area contributed by atoms with Gasteiger partial charge in [-0.1, -0.05) is 6.07 Å². The van der Waals surface area contributed by atoms with Crippen LogP contribution in [0.25, 0.3) is 21.6 Å². The van der Waals surface area contributed by atoms with Crippen LogP contribution in [-0.4, -0.2) is 23.2 Å². The quantitative estimate of drug-likeness (QED) is 0.710. The molecule has 3 aromatic rings. The highest BCUT2D eigenvalue weighted by atomic mass is 32.1. The van der Waals surface area contributed by atoms with E-state index in [9.17, 15) is 0 Å². The highest BCUT2D eigenvalue weighted by Gasteiger charge is 2.10. The molecule has 2 aromatic heterocycles. The van der Waals surface area contributed by atoms with Gasteiger partial charge < -0.3 is 9.47 Å². The van der Waals surface area contributed by atoms with Crippen LogP contribution >= 0.6 is 11.3 Å². The van der Waals surface area contributed by atoms with E-state index >= 15 is 0 Å². The van der Waals surface area contributed by atoms with Gasteiger partial charge in [0.05, 0.1) is 41.0 Å². The first kappa shape index (κ1) is 13.8. The predicted molar refractivity (Wildman–Crippen MR) is 85.2 cm³/mol. The molecule has 0 spiro atoms. The van der Waals surface area contributed by atoms with Crippen LogP contribution in [0.1, 0.15) is 13.8 Å². The zero-order valence-electron chi connectivity index (χ0n) is 12.0. The van der Waals surface area contributed by atoms with Gasteiger partial charge in [-0.15, -0.1) is 11.3 Å². The Morgan fingerprint density at radius 3 is 2.38 bits per heavy atom. The molecule has 21 heavy (non-hydrogen) atoms. The van der Waals surface area contributed by atoms with Gasteiger partial charge in [0.2, 0.25) is 0 Å². The molecule has 0 aliphatic rings. The maximum Gasteiger partial charge on any atom is 0.163 e. The van der Waals surface area contributed by atoms with Gasteiger partial charge in [-0.3, -0.25) is 4.98 Å². The van der Waals surface area contributed by atoms with Crippen molar-refractivity contribution < 1.29 is 9.47 Å². The molecule has 0 aliphatic carbocycles. The highest BCUT2D eigenvalue weighted by molar-refractivity contribution is 7.13. The van der Waals surface area contributed by atoms with Crippen LogP contribution in [0.15, 0.2) is 35.8 Å². The molecule has 108 valence electrons. The number of hydrogen-bond acceptors (Lipinski definition) is 5. The van der Waals surface area contributed by atoms with Gasteiger partial charge in [-0.25, -0.2) is 4.98 Å². The Morgan fingerprint density at radius 1 is 1.05 bits per heavy atom. The normalized spacial score (nSPS) is 10.8. The highest BCUT2D eigenvalue weighted by Crippen LogP contribution is 2.32. The fraction of sp³-hybridized carbons (Fsp3) is 0.250. The number of rotatable bonds is 5. The number of hydrogen-bond donors (Lipinski definition) is 0. The summed E-state index contributed by atoms with van der Waals surface area (Å²) in [5.74, 6) is 1.43. The van der Waals surface area contributed by atoms with E-state index in [0.29, 0.717) is 24.7 Å². The lowest BCUT2D eigenvalue weighted by molar-refractivity contribution is 0.288. The van der Waals surface area contributed by atoms with Crippen LogP contribution in [0.5, 0.6) is 11.5 Å².